The largest absolute Gasteiger partial charge is 0.272 e. The van der Waals surface area contributed by atoms with Crippen molar-refractivity contribution in [3.05, 3.63) is 35.4 Å². The van der Waals surface area contributed by atoms with Gasteiger partial charge in [0.15, 0.2) is 0 Å². The Morgan fingerprint density at radius 3 is 2.93 bits per heavy atom. The lowest BCUT2D eigenvalue weighted by atomic mass is 10.1. The van der Waals surface area contributed by atoms with Crippen molar-refractivity contribution in [2.75, 3.05) is 4.90 Å². The summed E-state index contributed by atoms with van der Waals surface area (Å²) in [5, 5.41) is 13.3. The average molecular weight is 201 g/mol. The van der Waals surface area contributed by atoms with E-state index in [9.17, 15) is 4.79 Å². The van der Waals surface area contributed by atoms with Crippen LogP contribution in [0.3, 0.4) is 0 Å². The lowest BCUT2D eigenvalue weighted by Crippen LogP contribution is -2.24. The summed E-state index contributed by atoms with van der Waals surface area (Å²) < 4.78 is 0. The van der Waals surface area contributed by atoms with E-state index >= 15 is 0 Å². The summed E-state index contributed by atoms with van der Waals surface area (Å²) in [5.41, 5.74) is 1.70. The molecular formula is C9H7N5O. The summed E-state index contributed by atoms with van der Waals surface area (Å²) in [6.45, 7) is 0.508. The van der Waals surface area contributed by atoms with Gasteiger partial charge in [-0.05, 0) is 16.8 Å². The first-order valence-corrected chi connectivity index (χ1v) is 4.49. The number of benzene rings is 1. The smallest absolute Gasteiger partial charge is 0.269 e. The summed E-state index contributed by atoms with van der Waals surface area (Å²) in [6.07, 6.45) is 0. The van der Waals surface area contributed by atoms with Crippen LogP contribution in [0.15, 0.2) is 24.3 Å². The third-order valence-electron chi connectivity index (χ3n) is 2.40. The molecule has 6 nitrogen and oxygen atoms in total. The van der Waals surface area contributed by atoms with Gasteiger partial charge in [-0.1, -0.05) is 23.3 Å². The molecule has 1 aliphatic heterocycles. The van der Waals surface area contributed by atoms with Crippen LogP contribution in [0.1, 0.15) is 15.9 Å². The van der Waals surface area contributed by atoms with Crippen molar-refractivity contribution in [1.29, 1.82) is 0 Å². The van der Waals surface area contributed by atoms with Gasteiger partial charge in [-0.3, -0.25) is 9.69 Å². The SMILES string of the molecule is O=C1c2ccccc2CN1c1nn[nH]n1. The molecule has 0 saturated heterocycles. The van der Waals surface area contributed by atoms with E-state index in [4.69, 9.17) is 0 Å². The van der Waals surface area contributed by atoms with Gasteiger partial charge in [0, 0.05) is 5.56 Å². The van der Waals surface area contributed by atoms with Gasteiger partial charge in [0.25, 0.3) is 11.9 Å². The van der Waals surface area contributed by atoms with E-state index in [1.807, 2.05) is 18.2 Å². The number of amides is 1. The zero-order valence-electron chi connectivity index (χ0n) is 7.71. The van der Waals surface area contributed by atoms with Gasteiger partial charge in [-0.2, -0.15) is 5.21 Å². The van der Waals surface area contributed by atoms with E-state index in [2.05, 4.69) is 20.6 Å². The minimum absolute atomic E-state index is 0.0769. The standard InChI is InChI=1S/C9H7N5O/c15-8-7-4-2-1-3-6(7)5-14(8)9-10-12-13-11-9/h1-4H,5H2,(H,10,11,12,13). The van der Waals surface area contributed by atoms with Crippen LogP contribution in [-0.2, 0) is 6.54 Å². The lowest BCUT2D eigenvalue weighted by Gasteiger charge is -2.08. The lowest BCUT2D eigenvalue weighted by molar-refractivity contribution is 0.0995. The first-order valence-electron chi connectivity index (χ1n) is 4.49. The van der Waals surface area contributed by atoms with E-state index in [1.54, 1.807) is 6.07 Å². The summed E-state index contributed by atoms with van der Waals surface area (Å²) in [7, 11) is 0. The van der Waals surface area contributed by atoms with Gasteiger partial charge >= 0.3 is 0 Å². The third kappa shape index (κ3) is 1.11. The van der Waals surface area contributed by atoms with Crippen molar-refractivity contribution in [1.82, 2.24) is 20.6 Å². The molecule has 15 heavy (non-hydrogen) atoms. The maximum atomic E-state index is 11.9. The molecule has 0 fully saturated rings. The number of hydrogen-bond acceptors (Lipinski definition) is 4. The highest BCUT2D eigenvalue weighted by atomic mass is 16.2. The molecular weight excluding hydrogens is 194 g/mol. The number of anilines is 1. The van der Waals surface area contributed by atoms with E-state index in [1.165, 1.54) is 4.90 Å². The summed E-state index contributed by atoms with van der Waals surface area (Å²) in [4.78, 5) is 13.4. The molecule has 0 spiro atoms. The predicted octanol–water partition coefficient (Wildman–Crippen LogP) is 0.360. The van der Waals surface area contributed by atoms with E-state index in [-0.39, 0.29) is 5.91 Å². The quantitative estimate of drug-likeness (QED) is 0.722. The molecule has 1 amide bonds. The molecule has 74 valence electrons. The van der Waals surface area contributed by atoms with Crippen molar-refractivity contribution in [3.8, 4) is 0 Å². The fourth-order valence-electron chi connectivity index (χ4n) is 1.69. The molecule has 2 aromatic rings. The number of nitrogens with one attached hydrogen (secondary N) is 1. The maximum Gasteiger partial charge on any atom is 0.272 e. The Morgan fingerprint density at radius 1 is 1.33 bits per heavy atom. The highest BCUT2D eigenvalue weighted by molar-refractivity contribution is 6.08. The zero-order chi connectivity index (χ0) is 10.3. The molecule has 0 radical (unpaired) electrons. The van der Waals surface area contributed by atoms with Crippen molar-refractivity contribution in [2.45, 2.75) is 6.54 Å². The summed E-state index contributed by atoms with van der Waals surface area (Å²) in [6, 6.07) is 7.48. The minimum Gasteiger partial charge on any atom is -0.269 e. The number of tetrazole rings is 1. The van der Waals surface area contributed by atoms with E-state index < -0.39 is 0 Å². The number of nitrogens with zero attached hydrogens (tertiary/aromatic N) is 4. The highest BCUT2D eigenvalue weighted by Gasteiger charge is 2.30. The van der Waals surface area contributed by atoms with Crippen LogP contribution < -0.4 is 4.90 Å². The molecule has 0 aliphatic carbocycles. The molecule has 1 aromatic carbocycles. The normalized spacial score (nSPS) is 14.4. The predicted molar refractivity (Wildman–Crippen MR) is 51.1 cm³/mol. The second kappa shape index (κ2) is 2.88. The van der Waals surface area contributed by atoms with Gasteiger partial charge < -0.3 is 0 Å². The van der Waals surface area contributed by atoms with Gasteiger partial charge in [0.05, 0.1) is 6.54 Å². The van der Waals surface area contributed by atoms with Crippen LogP contribution in [0.5, 0.6) is 0 Å². The number of carbonyl (C=O) groups is 1. The Hall–Kier alpha value is -2.24. The van der Waals surface area contributed by atoms with Gasteiger partial charge in [-0.25, -0.2) is 0 Å². The zero-order valence-corrected chi connectivity index (χ0v) is 7.71. The monoisotopic (exact) mass is 201 g/mol. The van der Waals surface area contributed by atoms with Crippen molar-refractivity contribution in [2.24, 2.45) is 0 Å². The average Bonchev–Trinajstić information content (AvgIpc) is 2.87. The maximum absolute atomic E-state index is 11.9. The molecule has 6 heteroatoms. The second-order valence-electron chi connectivity index (χ2n) is 3.26. The Kier molecular flexibility index (Phi) is 1.55. The number of aromatic nitrogens is 4. The number of fused-ring (bicyclic) bond motifs is 1. The number of aromatic amines is 1. The van der Waals surface area contributed by atoms with Crippen LogP contribution in [0.2, 0.25) is 0 Å². The van der Waals surface area contributed by atoms with Crippen LogP contribution >= 0.6 is 0 Å². The Balaban J connectivity index is 2.04. The van der Waals surface area contributed by atoms with E-state index in [0.29, 0.717) is 18.1 Å². The Bertz CT molecular complexity index is 507. The fraction of sp³-hybridized carbons (Fsp3) is 0.111. The third-order valence-corrected chi connectivity index (χ3v) is 2.40. The molecule has 1 N–H and O–H groups in total. The molecule has 0 unspecified atom stereocenters. The fourth-order valence-corrected chi connectivity index (χ4v) is 1.69. The minimum atomic E-state index is -0.0769. The molecule has 1 aliphatic rings. The summed E-state index contributed by atoms with van der Waals surface area (Å²) >= 11 is 0. The molecule has 2 heterocycles. The molecule has 0 atom stereocenters. The second-order valence-corrected chi connectivity index (χ2v) is 3.26. The Labute approximate surface area is 84.9 Å². The number of carbonyl (C=O) groups excluding carboxylic acids is 1. The molecule has 3 rings (SSSR count). The topological polar surface area (TPSA) is 74.8 Å². The van der Waals surface area contributed by atoms with Crippen LogP contribution in [0.4, 0.5) is 5.95 Å². The van der Waals surface area contributed by atoms with Gasteiger partial charge in [0.1, 0.15) is 0 Å². The van der Waals surface area contributed by atoms with Crippen LogP contribution in [0, 0.1) is 0 Å². The molecule has 0 saturated carbocycles. The number of hydrogen-bond donors (Lipinski definition) is 1. The van der Waals surface area contributed by atoms with Crippen LogP contribution in [0.25, 0.3) is 0 Å². The van der Waals surface area contributed by atoms with Crippen molar-refractivity contribution >= 4 is 11.9 Å². The van der Waals surface area contributed by atoms with Gasteiger partial charge in [0.2, 0.25) is 0 Å². The number of H-pyrrole nitrogens is 1. The Morgan fingerprint density at radius 2 is 2.20 bits per heavy atom. The molecule has 1 aromatic heterocycles. The number of rotatable bonds is 1. The summed E-state index contributed by atoms with van der Waals surface area (Å²) in [5.74, 6) is 0.239. The first-order chi connectivity index (χ1) is 7.36. The first kappa shape index (κ1) is 8.10. The molecule has 0 bridgehead atoms. The van der Waals surface area contributed by atoms with E-state index in [0.717, 1.165) is 5.56 Å². The highest BCUT2D eigenvalue weighted by Crippen LogP contribution is 2.24. The van der Waals surface area contributed by atoms with Crippen molar-refractivity contribution in [3.63, 3.8) is 0 Å². The van der Waals surface area contributed by atoms with Crippen molar-refractivity contribution < 1.29 is 4.79 Å². The van der Waals surface area contributed by atoms with Gasteiger partial charge in [-0.15, -0.1) is 5.10 Å². The van der Waals surface area contributed by atoms with Crippen LogP contribution in [-0.4, -0.2) is 26.5 Å².